The number of guanidine groups is 1. The third-order valence-electron chi connectivity index (χ3n) is 4.80. The highest BCUT2D eigenvalue weighted by atomic mass is 127. The Hall–Kier alpha value is -1.88. The molecule has 2 rings (SSSR count). The number of hydrogen-bond acceptors (Lipinski definition) is 5. The van der Waals surface area contributed by atoms with E-state index in [1.165, 1.54) is 5.69 Å². The molecule has 9 heteroatoms. The summed E-state index contributed by atoms with van der Waals surface area (Å²) in [6, 6.07) is 10.4. The van der Waals surface area contributed by atoms with E-state index in [0.29, 0.717) is 0 Å². The first-order chi connectivity index (χ1) is 14.4. The fourth-order valence-electron chi connectivity index (χ4n) is 2.98. The molecule has 0 saturated carbocycles. The van der Waals surface area contributed by atoms with Crippen LogP contribution in [0.5, 0.6) is 0 Å². The molecule has 0 radical (unpaired) electrons. The fourth-order valence-corrected chi connectivity index (χ4v) is 3.67. The Balaban J connectivity index is 0.00000480. The Morgan fingerprint density at radius 2 is 1.90 bits per heavy atom. The second-order valence-corrected chi connectivity index (χ2v) is 8.54. The third kappa shape index (κ3) is 9.42. The Kier molecular flexibility index (Phi) is 12.5. The lowest BCUT2D eigenvalue weighted by Crippen LogP contribution is -2.42. The molecule has 1 aromatic heterocycles. The van der Waals surface area contributed by atoms with E-state index >= 15 is 0 Å². The highest BCUT2D eigenvalue weighted by molar-refractivity contribution is 14.0. The van der Waals surface area contributed by atoms with Crippen LogP contribution in [0.4, 0.5) is 5.69 Å². The van der Waals surface area contributed by atoms with E-state index < -0.39 is 0 Å². The summed E-state index contributed by atoms with van der Waals surface area (Å²) in [6.45, 7) is 4.78. The second kappa shape index (κ2) is 14.2. The number of carbonyl (C=O) groups is 1. The lowest BCUT2D eigenvalue weighted by Gasteiger charge is -2.26. The number of carbonyl (C=O) groups excluding carboxylic acids is 1. The van der Waals surface area contributed by atoms with Gasteiger partial charge in [0.25, 0.3) is 0 Å². The zero-order valence-electron chi connectivity index (χ0n) is 19.1. The fraction of sp³-hybridized carbons (Fsp3) is 0.500. The molecule has 1 amide bonds. The number of hydrogen-bond donors (Lipinski definition) is 1. The number of aromatic nitrogens is 1. The lowest BCUT2D eigenvalue weighted by molar-refractivity contribution is -0.127. The summed E-state index contributed by atoms with van der Waals surface area (Å²) in [5, 5.41) is 6.54. The topological polar surface area (TPSA) is 64.1 Å². The molecule has 172 valence electrons. The van der Waals surface area contributed by atoms with Crippen LogP contribution in [-0.2, 0) is 4.79 Å². The quantitative estimate of drug-likeness (QED) is 0.210. The smallest absolute Gasteiger partial charge is 0.243 e. The molecule has 0 spiro atoms. The molecule has 1 aromatic carbocycles. The van der Waals surface area contributed by atoms with Crippen LogP contribution in [0.25, 0.3) is 0 Å². The van der Waals surface area contributed by atoms with Crippen LogP contribution in [0.15, 0.2) is 46.9 Å². The average Bonchev–Trinajstić information content (AvgIpc) is 3.28. The number of nitrogens with zero attached hydrogens (tertiary/aromatic N) is 5. The van der Waals surface area contributed by atoms with Crippen molar-refractivity contribution < 1.29 is 4.79 Å². The molecule has 1 atom stereocenters. The molecule has 0 aliphatic carbocycles. The van der Waals surface area contributed by atoms with Gasteiger partial charge in [-0.15, -0.1) is 35.3 Å². The van der Waals surface area contributed by atoms with Crippen LogP contribution in [-0.4, -0.2) is 81.0 Å². The predicted octanol–water partition coefficient (Wildman–Crippen LogP) is 3.36. The van der Waals surface area contributed by atoms with E-state index in [2.05, 4.69) is 63.3 Å². The molecule has 0 aliphatic rings. The first-order valence-electron chi connectivity index (χ1n) is 10.2. The maximum Gasteiger partial charge on any atom is 0.243 e. The monoisotopic (exact) mass is 558 g/mol. The summed E-state index contributed by atoms with van der Waals surface area (Å²) >= 11 is 1.67. The largest absolute Gasteiger partial charge is 0.375 e. The number of halogens is 1. The van der Waals surface area contributed by atoms with Crippen LogP contribution in [0, 0.1) is 0 Å². The molecule has 2 aromatic rings. The predicted molar refractivity (Wildman–Crippen MR) is 142 cm³/mol. The van der Waals surface area contributed by atoms with Crippen molar-refractivity contribution in [2.75, 3.05) is 59.3 Å². The molecule has 0 fully saturated rings. The van der Waals surface area contributed by atoms with Crippen molar-refractivity contribution in [2.45, 2.75) is 19.3 Å². The van der Waals surface area contributed by atoms with Crippen molar-refractivity contribution in [3.63, 3.8) is 0 Å². The molecular formula is C22H35IN6OS. The summed E-state index contributed by atoms with van der Waals surface area (Å²) in [6.07, 6.45) is 2.80. The minimum atomic E-state index is -0.0144. The summed E-state index contributed by atoms with van der Waals surface area (Å²) in [7, 11) is 7.60. The van der Waals surface area contributed by atoms with E-state index in [0.717, 1.165) is 37.0 Å². The Morgan fingerprint density at radius 1 is 1.19 bits per heavy atom. The van der Waals surface area contributed by atoms with Gasteiger partial charge in [0.1, 0.15) is 6.54 Å². The van der Waals surface area contributed by atoms with Gasteiger partial charge in [-0.1, -0.05) is 25.1 Å². The minimum Gasteiger partial charge on any atom is -0.375 e. The van der Waals surface area contributed by atoms with Gasteiger partial charge in [0, 0.05) is 71.0 Å². The van der Waals surface area contributed by atoms with Crippen molar-refractivity contribution in [1.29, 1.82) is 0 Å². The molecule has 0 aliphatic heterocycles. The molecule has 0 bridgehead atoms. The minimum absolute atomic E-state index is 0. The molecule has 1 heterocycles. The second-order valence-electron chi connectivity index (χ2n) is 7.62. The number of likely N-dealkylation sites (N-methyl/N-ethyl adjacent to an activating group) is 2. The van der Waals surface area contributed by atoms with Crippen molar-refractivity contribution in [3.05, 3.63) is 46.9 Å². The maximum absolute atomic E-state index is 12.0. The number of aliphatic imine (C=N–C) groups is 1. The van der Waals surface area contributed by atoms with Gasteiger partial charge < -0.3 is 20.0 Å². The van der Waals surface area contributed by atoms with Gasteiger partial charge in [0.05, 0.1) is 5.01 Å². The zero-order valence-corrected chi connectivity index (χ0v) is 22.3. The van der Waals surface area contributed by atoms with Crippen LogP contribution >= 0.6 is 35.3 Å². The van der Waals surface area contributed by atoms with Gasteiger partial charge >= 0.3 is 0 Å². The average molecular weight is 559 g/mol. The standard InChI is InChI=1S/C22H34N6OS.HI/c1-18(21-23-13-15-30-21)17-28(5)22(25-16-20(29)26(2)3)24-12-9-14-27(4)19-10-7-6-8-11-19;/h6-8,10-11,13,15,18H,9,12,14,16-17H2,1-5H3,(H,24,25);1H. The number of anilines is 1. The molecule has 31 heavy (non-hydrogen) atoms. The maximum atomic E-state index is 12.0. The van der Waals surface area contributed by atoms with Crippen LogP contribution in [0.1, 0.15) is 24.3 Å². The number of amides is 1. The summed E-state index contributed by atoms with van der Waals surface area (Å²) < 4.78 is 0. The third-order valence-corrected chi connectivity index (χ3v) is 5.80. The molecular weight excluding hydrogens is 523 g/mol. The highest BCUT2D eigenvalue weighted by Gasteiger charge is 2.15. The normalized spacial score (nSPS) is 12.0. The van der Waals surface area contributed by atoms with E-state index in [1.807, 2.05) is 24.7 Å². The van der Waals surface area contributed by atoms with Crippen molar-refractivity contribution in [3.8, 4) is 0 Å². The van der Waals surface area contributed by atoms with Crippen LogP contribution in [0.3, 0.4) is 0 Å². The lowest BCUT2D eigenvalue weighted by atomic mass is 10.2. The molecule has 1 unspecified atom stereocenters. The zero-order chi connectivity index (χ0) is 21.9. The van der Waals surface area contributed by atoms with Gasteiger partial charge in [-0.25, -0.2) is 9.98 Å². The molecule has 1 N–H and O–H groups in total. The van der Waals surface area contributed by atoms with Crippen LogP contribution in [0.2, 0.25) is 0 Å². The van der Waals surface area contributed by atoms with E-state index in [-0.39, 0.29) is 42.3 Å². The molecule has 7 nitrogen and oxygen atoms in total. The van der Waals surface area contributed by atoms with Crippen LogP contribution < -0.4 is 10.2 Å². The number of rotatable bonds is 10. The van der Waals surface area contributed by atoms with Gasteiger partial charge in [-0.05, 0) is 18.6 Å². The Bertz CT molecular complexity index is 785. The Labute approximate surface area is 207 Å². The van der Waals surface area contributed by atoms with E-state index in [9.17, 15) is 4.79 Å². The number of benzene rings is 1. The van der Waals surface area contributed by atoms with E-state index in [4.69, 9.17) is 0 Å². The SMILES string of the molecule is CC(CN(C)C(=NCC(=O)N(C)C)NCCCN(C)c1ccccc1)c1nccs1.I. The first-order valence-corrected chi connectivity index (χ1v) is 11.1. The van der Waals surface area contributed by atoms with Gasteiger partial charge in [0.2, 0.25) is 5.91 Å². The summed E-state index contributed by atoms with van der Waals surface area (Å²) in [5.41, 5.74) is 1.21. The van der Waals surface area contributed by atoms with Crippen molar-refractivity contribution >= 4 is 52.9 Å². The van der Waals surface area contributed by atoms with Crippen molar-refractivity contribution in [1.82, 2.24) is 20.1 Å². The number of nitrogens with one attached hydrogen (secondary N) is 1. The first kappa shape index (κ1) is 27.2. The Morgan fingerprint density at radius 3 is 2.52 bits per heavy atom. The van der Waals surface area contributed by atoms with Gasteiger partial charge in [0.15, 0.2) is 5.96 Å². The van der Waals surface area contributed by atoms with Gasteiger partial charge in [-0.3, -0.25) is 4.79 Å². The summed E-state index contributed by atoms with van der Waals surface area (Å²) in [5.74, 6) is 1.02. The number of para-hydroxylation sites is 1. The van der Waals surface area contributed by atoms with Crippen molar-refractivity contribution in [2.24, 2.45) is 4.99 Å². The number of thiazole rings is 1. The highest BCUT2D eigenvalue weighted by Crippen LogP contribution is 2.18. The van der Waals surface area contributed by atoms with Gasteiger partial charge in [-0.2, -0.15) is 0 Å². The molecule has 0 saturated heterocycles. The summed E-state index contributed by atoms with van der Waals surface area (Å²) in [4.78, 5) is 26.9. The van der Waals surface area contributed by atoms with E-state index in [1.54, 1.807) is 30.3 Å².